The SMILES string of the molecule is N#CC(O)C(C1CCCC1)n1cc(C2=C3C=CNC3NC(=O)N2)cn1. The molecular formula is C17H20N6O2. The molecule has 4 rings (SSSR count). The molecule has 8 heteroatoms. The maximum Gasteiger partial charge on any atom is 0.321 e. The van der Waals surface area contributed by atoms with Gasteiger partial charge in [-0.1, -0.05) is 12.8 Å². The smallest absolute Gasteiger partial charge is 0.321 e. The van der Waals surface area contributed by atoms with E-state index in [1.165, 1.54) is 0 Å². The Morgan fingerprint density at radius 2 is 2.20 bits per heavy atom. The van der Waals surface area contributed by atoms with Gasteiger partial charge in [0, 0.05) is 17.3 Å². The lowest BCUT2D eigenvalue weighted by atomic mass is 9.94. The quantitative estimate of drug-likeness (QED) is 0.610. The molecule has 1 aromatic heterocycles. The molecule has 8 nitrogen and oxygen atoms in total. The summed E-state index contributed by atoms with van der Waals surface area (Å²) in [7, 11) is 0. The Morgan fingerprint density at radius 1 is 1.40 bits per heavy atom. The van der Waals surface area contributed by atoms with Gasteiger partial charge in [-0.25, -0.2) is 4.79 Å². The average molecular weight is 340 g/mol. The molecule has 25 heavy (non-hydrogen) atoms. The Bertz CT molecular complexity index is 783. The van der Waals surface area contributed by atoms with E-state index in [2.05, 4.69) is 21.0 Å². The lowest BCUT2D eigenvalue weighted by Gasteiger charge is -2.26. The predicted molar refractivity (Wildman–Crippen MR) is 89.5 cm³/mol. The summed E-state index contributed by atoms with van der Waals surface area (Å²) in [5.41, 5.74) is 2.38. The van der Waals surface area contributed by atoms with E-state index in [1.54, 1.807) is 23.3 Å². The molecule has 3 aliphatic rings. The van der Waals surface area contributed by atoms with Crippen molar-refractivity contribution in [2.75, 3.05) is 0 Å². The molecule has 3 atom stereocenters. The predicted octanol–water partition coefficient (Wildman–Crippen LogP) is 0.966. The normalized spacial score (nSPS) is 25.0. The minimum atomic E-state index is -1.10. The summed E-state index contributed by atoms with van der Waals surface area (Å²) < 4.78 is 1.68. The third-order valence-electron chi connectivity index (χ3n) is 5.17. The summed E-state index contributed by atoms with van der Waals surface area (Å²) in [5, 5.41) is 32.5. The molecule has 1 aromatic rings. The van der Waals surface area contributed by atoms with Crippen LogP contribution in [0.5, 0.6) is 0 Å². The summed E-state index contributed by atoms with van der Waals surface area (Å²) in [6, 6.07) is 1.31. The van der Waals surface area contributed by atoms with Crippen LogP contribution in [0.4, 0.5) is 4.79 Å². The lowest BCUT2D eigenvalue weighted by Crippen LogP contribution is -2.51. The molecule has 1 saturated carbocycles. The van der Waals surface area contributed by atoms with Crippen molar-refractivity contribution in [2.24, 2.45) is 5.92 Å². The number of carbonyl (C=O) groups is 1. The van der Waals surface area contributed by atoms with Gasteiger partial charge in [-0.2, -0.15) is 10.4 Å². The van der Waals surface area contributed by atoms with E-state index >= 15 is 0 Å². The summed E-state index contributed by atoms with van der Waals surface area (Å²) in [5.74, 6) is 0.239. The Balaban J connectivity index is 1.68. The summed E-state index contributed by atoms with van der Waals surface area (Å²) in [4.78, 5) is 11.9. The van der Waals surface area contributed by atoms with Crippen LogP contribution in [-0.2, 0) is 0 Å². The number of aliphatic hydroxyl groups excluding tert-OH is 1. The fraction of sp³-hybridized carbons (Fsp3) is 0.471. The van der Waals surface area contributed by atoms with Crippen LogP contribution in [0.1, 0.15) is 37.3 Å². The maximum atomic E-state index is 11.9. The number of urea groups is 1. The second-order valence-corrected chi connectivity index (χ2v) is 6.68. The van der Waals surface area contributed by atoms with Gasteiger partial charge < -0.3 is 21.1 Å². The zero-order valence-electron chi connectivity index (χ0n) is 13.6. The van der Waals surface area contributed by atoms with Gasteiger partial charge in [0.2, 0.25) is 0 Å². The van der Waals surface area contributed by atoms with Gasteiger partial charge in [0.05, 0.1) is 24.0 Å². The fourth-order valence-corrected chi connectivity index (χ4v) is 3.98. The van der Waals surface area contributed by atoms with E-state index in [0.717, 1.165) is 36.8 Å². The molecule has 1 aliphatic carbocycles. The van der Waals surface area contributed by atoms with E-state index in [0.29, 0.717) is 5.70 Å². The van der Waals surface area contributed by atoms with Crippen LogP contribution in [0.2, 0.25) is 0 Å². The zero-order valence-corrected chi connectivity index (χ0v) is 13.6. The van der Waals surface area contributed by atoms with Gasteiger partial charge in [-0.3, -0.25) is 4.68 Å². The minimum absolute atomic E-state index is 0.239. The zero-order chi connectivity index (χ0) is 17.4. The van der Waals surface area contributed by atoms with Crippen LogP contribution < -0.4 is 16.0 Å². The van der Waals surface area contributed by atoms with Gasteiger partial charge in [0.1, 0.15) is 6.17 Å². The van der Waals surface area contributed by atoms with E-state index in [1.807, 2.05) is 12.1 Å². The van der Waals surface area contributed by atoms with Crippen molar-refractivity contribution in [1.82, 2.24) is 25.7 Å². The third kappa shape index (κ3) is 2.76. The Kier molecular flexibility index (Phi) is 3.93. The number of hydrogen-bond donors (Lipinski definition) is 4. The molecule has 2 amide bonds. The number of aliphatic hydroxyl groups is 1. The first-order valence-electron chi connectivity index (χ1n) is 8.54. The van der Waals surface area contributed by atoms with E-state index in [-0.39, 0.29) is 24.2 Å². The van der Waals surface area contributed by atoms with Gasteiger partial charge in [-0.05, 0) is 31.0 Å². The molecule has 0 spiro atoms. The summed E-state index contributed by atoms with van der Waals surface area (Å²) >= 11 is 0. The van der Waals surface area contributed by atoms with E-state index in [9.17, 15) is 15.2 Å². The van der Waals surface area contributed by atoms with Crippen LogP contribution in [-0.4, -0.2) is 33.2 Å². The number of nitrogens with zero attached hydrogens (tertiary/aromatic N) is 3. The van der Waals surface area contributed by atoms with Gasteiger partial charge in [-0.15, -0.1) is 0 Å². The number of carbonyl (C=O) groups excluding carboxylic acids is 1. The van der Waals surface area contributed by atoms with E-state index < -0.39 is 6.10 Å². The van der Waals surface area contributed by atoms with Gasteiger partial charge in [0.15, 0.2) is 6.10 Å². The number of rotatable bonds is 4. The first-order chi connectivity index (χ1) is 12.2. The van der Waals surface area contributed by atoms with Crippen molar-refractivity contribution < 1.29 is 9.90 Å². The maximum absolute atomic E-state index is 11.9. The number of hydrogen-bond acceptors (Lipinski definition) is 5. The summed E-state index contributed by atoms with van der Waals surface area (Å²) in [6.45, 7) is 0. The van der Waals surface area contributed by atoms with Crippen LogP contribution in [0, 0.1) is 17.2 Å². The van der Waals surface area contributed by atoms with Crippen molar-refractivity contribution in [3.63, 3.8) is 0 Å². The Morgan fingerprint density at radius 3 is 2.96 bits per heavy atom. The van der Waals surface area contributed by atoms with Crippen LogP contribution in [0.25, 0.3) is 5.70 Å². The summed E-state index contributed by atoms with van der Waals surface area (Å²) in [6.07, 6.45) is 10.0. The molecule has 0 bridgehead atoms. The highest BCUT2D eigenvalue weighted by atomic mass is 16.3. The van der Waals surface area contributed by atoms with E-state index in [4.69, 9.17) is 0 Å². The molecule has 3 heterocycles. The fourth-order valence-electron chi connectivity index (χ4n) is 3.98. The Labute approximate surface area is 145 Å². The molecular weight excluding hydrogens is 320 g/mol. The number of amides is 2. The molecule has 1 fully saturated rings. The number of aromatic nitrogens is 2. The van der Waals surface area contributed by atoms with Crippen LogP contribution in [0.15, 0.2) is 30.2 Å². The highest BCUT2D eigenvalue weighted by Gasteiger charge is 2.34. The molecule has 0 radical (unpaired) electrons. The topological polar surface area (TPSA) is 115 Å². The highest BCUT2D eigenvalue weighted by Crippen LogP contribution is 2.36. The molecule has 0 aromatic carbocycles. The highest BCUT2D eigenvalue weighted by molar-refractivity contribution is 5.91. The number of fused-ring (bicyclic) bond motifs is 1. The number of nitriles is 1. The van der Waals surface area contributed by atoms with Crippen molar-refractivity contribution >= 4 is 11.7 Å². The second-order valence-electron chi connectivity index (χ2n) is 6.68. The Hall–Kier alpha value is -2.79. The van der Waals surface area contributed by atoms with Crippen molar-refractivity contribution in [3.8, 4) is 6.07 Å². The average Bonchev–Trinajstić information content (AvgIpc) is 3.35. The molecule has 0 saturated heterocycles. The monoisotopic (exact) mass is 340 g/mol. The lowest BCUT2D eigenvalue weighted by molar-refractivity contribution is 0.115. The first-order valence-corrected chi connectivity index (χ1v) is 8.54. The molecule has 2 aliphatic heterocycles. The minimum Gasteiger partial charge on any atom is -0.376 e. The van der Waals surface area contributed by atoms with Crippen LogP contribution >= 0.6 is 0 Å². The standard InChI is InChI=1S/C17H20N6O2/c18-7-13(24)15(10-3-1-2-4-10)23-9-11(8-20-23)14-12-5-6-19-16(12)22-17(25)21-14/h5-6,8-10,13,15-16,19,24H,1-4H2,(H2,21,22,25). The van der Waals surface area contributed by atoms with Crippen molar-refractivity contribution in [2.45, 2.75) is 44.0 Å². The number of nitrogens with one attached hydrogen (secondary N) is 3. The third-order valence-corrected chi connectivity index (χ3v) is 5.17. The van der Waals surface area contributed by atoms with Crippen molar-refractivity contribution in [1.29, 1.82) is 5.26 Å². The largest absolute Gasteiger partial charge is 0.376 e. The second kappa shape index (κ2) is 6.26. The van der Waals surface area contributed by atoms with Gasteiger partial charge in [0.25, 0.3) is 0 Å². The molecule has 3 unspecified atom stereocenters. The van der Waals surface area contributed by atoms with Crippen LogP contribution in [0.3, 0.4) is 0 Å². The van der Waals surface area contributed by atoms with Gasteiger partial charge >= 0.3 is 6.03 Å². The first kappa shape index (κ1) is 15.7. The van der Waals surface area contributed by atoms with Crippen molar-refractivity contribution in [3.05, 3.63) is 35.8 Å². The molecule has 130 valence electrons. The molecule has 4 N–H and O–H groups in total.